The van der Waals surface area contributed by atoms with Gasteiger partial charge < -0.3 is 10.6 Å². The second kappa shape index (κ2) is 7.48. The van der Waals surface area contributed by atoms with Crippen molar-refractivity contribution in [3.63, 3.8) is 0 Å². The molecule has 8 heteroatoms. The highest BCUT2D eigenvalue weighted by Gasteiger charge is 2.08. The van der Waals surface area contributed by atoms with Crippen LogP contribution < -0.4 is 10.6 Å². The zero-order valence-electron chi connectivity index (χ0n) is 10.7. The van der Waals surface area contributed by atoms with Crippen LogP contribution in [-0.2, 0) is 10.8 Å². The largest absolute Gasteiger partial charge is 0.354 e. The van der Waals surface area contributed by atoms with Crippen molar-refractivity contribution in [2.24, 2.45) is 0 Å². The summed E-state index contributed by atoms with van der Waals surface area (Å²) in [7, 11) is -0.788. The van der Waals surface area contributed by atoms with Gasteiger partial charge in [0.15, 0.2) is 0 Å². The van der Waals surface area contributed by atoms with Crippen LogP contribution in [0.4, 0.5) is 11.9 Å². The number of nitrogens with zero attached hydrogens (tertiary/aromatic N) is 3. The van der Waals surface area contributed by atoms with Crippen molar-refractivity contribution in [2.45, 2.75) is 26.3 Å². The van der Waals surface area contributed by atoms with E-state index in [2.05, 4.69) is 25.6 Å². The maximum atomic E-state index is 11.0. The topological polar surface area (TPSA) is 79.8 Å². The van der Waals surface area contributed by atoms with Gasteiger partial charge in [-0.25, -0.2) is 0 Å². The second-order valence-electron chi connectivity index (χ2n) is 3.89. The van der Waals surface area contributed by atoms with Gasteiger partial charge in [0.25, 0.3) is 0 Å². The van der Waals surface area contributed by atoms with Crippen LogP contribution in [0.2, 0.25) is 5.28 Å². The van der Waals surface area contributed by atoms with E-state index in [1.165, 1.54) is 0 Å². The molecule has 6 nitrogen and oxygen atoms in total. The molecular weight excluding hydrogens is 274 g/mol. The third-order valence-corrected chi connectivity index (χ3v) is 3.14. The summed E-state index contributed by atoms with van der Waals surface area (Å²) in [4.78, 5) is 12.1. The Morgan fingerprint density at radius 3 is 2.61 bits per heavy atom. The average Bonchev–Trinajstić information content (AvgIpc) is 2.26. The van der Waals surface area contributed by atoms with E-state index in [4.69, 9.17) is 11.6 Å². The molecule has 0 fully saturated rings. The molecular formula is C10H18ClN5OS. The van der Waals surface area contributed by atoms with E-state index in [9.17, 15) is 4.21 Å². The number of hydrogen-bond donors (Lipinski definition) is 2. The fraction of sp³-hybridized carbons (Fsp3) is 0.700. The Hall–Kier alpha value is -0.950. The molecule has 18 heavy (non-hydrogen) atoms. The first-order chi connectivity index (χ1) is 8.51. The molecule has 0 spiro atoms. The summed E-state index contributed by atoms with van der Waals surface area (Å²) in [5, 5.41) is 6.24. The van der Waals surface area contributed by atoms with E-state index in [0.29, 0.717) is 24.2 Å². The molecule has 2 N–H and O–H groups in total. The van der Waals surface area contributed by atoms with Crippen LogP contribution in [0.25, 0.3) is 0 Å². The quantitative estimate of drug-likeness (QED) is 0.793. The highest BCUT2D eigenvalue weighted by molar-refractivity contribution is 7.84. The van der Waals surface area contributed by atoms with E-state index in [-0.39, 0.29) is 11.3 Å². The third kappa shape index (κ3) is 5.59. The average molecular weight is 292 g/mol. The van der Waals surface area contributed by atoms with Crippen molar-refractivity contribution >= 4 is 34.3 Å². The number of hydrogen-bond acceptors (Lipinski definition) is 6. The molecule has 2 atom stereocenters. The van der Waals surface area contributed by atoms with Crippen LogP contribution in [0.5, 0.6) is 0 Å². The van der Waals surface area contributed by atoms with Crippen LogP contribution in [0.15, 0.2) is 0 Å². The van der Waals surface area contributed by atoms with E-state index in [1.54, 1.807) is 6.26 Å². The Balaban J connectivity index is 2.62. The summed E-state index contributed by atoms with van der Waals surface area (Å²) >= 11 is 5.81. The van der Waals surface area contributed by atoms with Crippen molar-refractivity contribution in [1.82, 2.24) is 15.0 Å². The third-order valence-electron chi connectivity index (χ3n) is 2.16. The van der Waals surface area contributed by atoms with E-state index in [0.717, 1.165) is 6.42 Å². The number of nitrogens with one attached hydrogen (secondary N) is 2. The van der Waals surface area contributed by atoms with Gasteiger partial charge in [-0.05, 0) is 31.9 Å². The zero-order chi connectivity index (χ0) is 13.5. The van der Waals surface area contributed by atoms with Crippen molar-refractivity contribution in [2.75, 3.05) is 29.2 Å². The van der Waals surface area contributed by atoms with Gasteiger partial charge in [0.05, 0.1) is 0 Å². The Bertz CT molecular complexity index is 417. The molecule has 0 amide bonds. The highest BCUT2D eigenvalue weighted by Crippen LogP contribution is 2.11. The Morgan fingerprint density at radius 2 is 2.00 bits per heavy atom. The van der Waals surface area contributed by atoms with Gasteiger partial charge in [-0.3, -0.25) is 4.21 Å². The molecule has 1 rings (SSSR count). The summed E-state index contributed by atoms with van der Waals surface area (Å²) < 4.78 is 11.0. The fourth-order valence-corrected chi connectivity index (χ4v) is 2.13. The molecule has 0 bridgehead atoms. The van der Waals surface area contributed by atoms with Crippen molar-refractivity contribution in [3.05, 3.63) is 5.28 Å². The second-order valence-corrected chi connectivity index (χ2v) is 5.79. The van der Waals surface area contributed by atoms with Crippen molar-refractivity contribution in [1.29, 1.82) is 0 Å². The molecule has 2 unspecified atom stereocenters. The minimum Gasteiger partial charge on any atom is -0.354 e. The number of aromatic nitrogens is 3. The van der Waals surface area contributed by atoms with E-state index >= 15 is 0 Å². The predicted octanol–water partition coefficient (Wildman–Crippen LogP) is 1.53. The van der Waals surface area contributed by atoms with Gasteiger partial charge in [-0.2, -0.15) is 15.0 Å². The lowest BCUT2D eigenvalue weighted by Crippen LogP contribution is -2.20. The molecule has 0 saturated carbocycles. The molecule has 0 aliphatic rings. The summed E-state index contributed by atoms with van der Waals surface area (Å²) in [6.07, 6.45) is 2.47. The standard InChI is InChI=1S/C10H18ClN5OS/c1-4-12-9-14-8(11)15-10(16-9)13-7(2)5-6-18(3)17/h7H,4-6H2,1-3H3,(H2,12,13,14,15,16). The van der Waals surface area contributed by atoms with Gasteiger partial charge >= 0.3 is 0 Å². The van der Waals surface area contributed by atoms with Crippen LogP contribution in [0.3, 0.4) is 0 Å². The summed E-state index contributed by atoms with van der Waals surface area (Å²) in [5.41, 5.74) is 0. The molecule has 0 aliphatic carbocycles. The smallest absolute Gasteiger partial charge is 0.229 e. The minimum atomic E-state index is -0.788. The van der Waals surface area contributed by atoms with Crippen LogP contribution >= 0.6 is 11.6 Å². The van der Waals surface area contributed by atoms with Gasteiger partial charge in [-0.15, -0.1) is 0 Å². The van der Waals surface area contributed by atoms with Gasteiger partial charge in [0.2, 0.25) is 17.2 Å². The van der Waals surface area contributed by atoms with Gasteiger partial charge in [-0.1, -0.05) is 0 Å². The first-order valence-electron chi connectivity index (χ1n) is 5.73. The van der Waals surface area contributed by atoms with Crippen LogP contribution in [0.1, 0.15) is 20.3 Å². The normalized spacial score (nSPS) is 14.0. The van der Waals surface area contributed by atoms with Gasteiger partial charge in [0.1, 0.15) is 0 Å². The van der Waals surface area contributed by atoms with Crippen molar-refractivity contribution in [3.8, 4) is 0 Å². The van der Waals surface area contributed by atoms with E-state index in [1.807, 2.05) is 13.8 Å². The Labute approximate surface area is 114 Å². The molecule has 1 aromatic heterocycles. The molecule has 1 aromatic rings. The Kier molecular flexibility index (Phi) is 6.28. The molecule has 0 radical (unpaired) electrons. The zero-order valence-corrected chi connectivity index (χ0v) is 12.3. The first kappa shape index (κ1) is 15.1. The number of halogens is 1. The summed E-state index contributed by atoms with van der Waals surface area (Å²) in [5.74, 6) is 1.53. The van der Waals surface area contributed by atoms with Gasteiger partial charge in [0, 0.05) is 35.4 Å². The summed E-state index contributed by atoms with van der Waals surface area (Å²) in [6.45, 7) is 4.64. The highest BCUT2D eigenvalue weighted by atomic mass is 35.5. The fourth-order valence-electron chi connectivity index (χ4n) is 1.29. The lowest BCUT2D eigenvalue weighted by Gasteiger charge is -2.13. The Morgan fingerprint density at radius 1 is 1.33 bits per heavy atom. The molecule has 102 valence electrons. The summed E-state index contributed by atoms with van der Waals surface area (Å²) in [6, 6.07) is 0.127. The molecule has 0 aromatic carbocycles. The first-order valence-corrected chi connectivity index (χ1v) is 7.83. The predicted molar refractivity (Wildman–Crippen MR) is 75.6 cm³/mol. The van der Waals surface area contributed by atoms with Crippen LogP contribution in [0, 0.1) is 0 Å². The monoisotopic (exact) mass is 291 g/mol. The lowest BCUT2D eigenvalue weighted by atomic mass is 10.3. The maximum absolute atomic E-state index is 11.0. The van der Waals surface area contributed by atoms with Crippen LogP contribution in [-0.4, -0.2) is 43.8 Å². The number of anilines is 2. The molecule has 1 heterocycles. The molecule has 0 saturated heterocycles. The molecule has 0 aliphatic heterocycles. The number of rotatable bonds is 7. The lowest BCUT2D eigenvalue weighted by molar-refractivity contribution is 0.677. The van der Waals surface area contributed by atoms with E-state index < -0.39 is 10.8 Å². The maximum Gasteiger partial charge on any atom is 0.229 e. The van der Waals surface area contributed by atoms with Crippen molar-refractivity contribution < 1.29 is 4.21 Å². The minimum absolute atomic E-state index is 0.127. The SMILES string of the molecule is CCNc1nc(Cl)nc(NC(C)CCS(C)=O)n1.